The van der Waals surface area contributed by atoms with Crippen LogP contribution in [-0.4, -0.2) is 15.0 Å². The lowest BCUT2D eigenvalue weighted by Crippen LogP contribution is -2.25. The summed E-state index contributed by atoms with van der Waals surface area (Å²) in [6, 6.07) is 67.9. The van der Waals surface area contributed by atoms with Gasteiger partial charge in [-0.25, -0.2) is 15.0 Å². The molecule has 56 heavy (non-hydrogen) atoms. The van der Waals surface area contributed by atoms with Crippen molar-refractivity contribution in [1.82, 2.24) is 15.0 Å². The molecule has 0 bridgehead atoms. The molecular formula is C53H33N3. The lowest BCUT2D eigenvalue weighted by atomic mass is 9.70. The fraction of sp³-hybridized carbons (Fsp3) is 0.0377. The van der Waals surface area contributed by atoms with E-state index in [1.807, 2.05) is 18.2 Å². The number of hydrogen-bond donors (Lipinski definition) is 0. The molecule has 1 heterocycles. The average Bonchev–Trinajstić information content (AvgIpc) is 3.91. The van der Waals surface area contributed by atoms with Crippen LogP contribution in [0.2, 0.25) is 0 Å². The molecule has 260 valence electrons. The fourth-order valence-electron chi connectivity index (χ4n) is 9.91. The Morgan fingerprint density at radius 1 is 0.286 bits per heavy atom. The van der Waals surface area contributed by atoms with Gasteiger partial charge >= 0.3 is 0 Å². The van der Waals surface area contributed by atoms with Crippen molar-refractivity contribution in [2.24, 2.45) is 0 Å². The van der Waals surface area contributed by atoms with Gasteiger partial charge in [0.1, 0.15) is 0 Å². The molecule has 0 saturated carbocycles. The maximum Gasteiger partial charge on any atom is 0.164 e. The highest BCUT2D eigenvalue weighted by Crippen LogP contribution is 2.63. The lowest BCUT2D eigenvalue weighted by Gasteiger charge is -2.30. The van der Waals surface area contributed by atoms with Gasteiger partial charge in [0.25, 0.3) is 0 Å². The predicted molar refractivity (Wildman–Crippen MR) is 226 cm³/mol. The van der Waals surface area contributed by atoms with Crippen LogP contribution in [-0.2, 0) is 11.8 Å². The van der Waals surface area contributed by atoms with E-state index >= 15 is 0 Å². The summed E-state index contributed by atoms with van der Waals surface area (Å²) < 4.78 is 0. The van der Waals surface area contributed by atoms with Crippen LogP contribution in [0.1, 0.15) is 33.4 Å². The molecule has 8 aromatic carbocycles. The van der Waals surface area contributed by atoms with E-state index in [1.54, 1.807) is 0 Å². The molecule has 0 unspecified atom stereocenters. The van der Waals surface area contributed by atoms with Gasteiger partial charge in [0, 0.05) is 23.1 Å². The Kier molecular flexibility index (Phi) is 6.61. The monoisotopic (exact) mass is 711 g/mol. The molecule has 1 aromatic heterocycles. The summed E-state index contributed by atoms with van der Waals surface area (Å²) in [4.78, 5) is 15.9. The van der Waals surface area contributed by atoms with Gasteiger partial charge in [0.15, 0.2) is 17.5 Å². The first-order chi connectivity index (χ1) is 27.8. The number of rotatable bonds is 4. The van der Waals surface area contributed by atoms with Crippen molar-refractivity contribution in [1.29, 1.82) is 0 Å². The molecule has 0 amide bonds. The zero-order valence-electron chi connectivity index (χ0n) is 30.4. The van der Waals surface area contributed by atoms with Crippen molar-refractivity contribution in [3.05, 3.63) is 221 Å². The second-order valence-corrected chi connectivity index (χ2v) is 15.0. The highest BCUT2D eigenvalue weighted by Gasteiger charge is 2.51. The van der Waals surface area contributed by atoms with E-state index in [-0.39, 0.29) is 0 Å². The van der Waals surface area contributed by atoms with E-state index in [0.29, 0.717) is 17.5 Å². The number of hydrogen-bond acceptors (Lipinski definition) is 3. The van der Waals surface area contributed by atoms with E-state index in [4.69, 9.17) is 15.0 Å². The second kappa shape index (κ2) is 11.9. The van der Waals surface area contributed by atoms with E-state index in [2.05, 4.69) is 170 Å². The molecule has 3 aliphatic rings. The topological polar surface area (TPSA) is 38.7 Å². The third-order valence-corrected chi connectivity index (χ3v) is 12.2. The molecular weight excluding hydrogens is 679 g/mol. The number of nitrogens with zero attached hydrogens (tertiary/aromatic N) is 3. The minimum absolute atomic E-state index is 0.449. The van der Waals surface area contributed by atoms with Crippen LogP contribution >= 0.6 is 0 Å². The summed E-state index contributed by atoms with van der Waals surface area (Å²) >= 11 is 0. The van der Waals surface area contributed by atoms with Crippen LogP contribution in [0.4, 0.5) is 0 Å². The van der Waals surface area contributed by atoms with Crippen molar-refractivity contribution in [3.63, 3.8) is 0 Å². The zero-order valence-corrected chi connectivity index (χ0v) is 30.4. The van der Waals surface area contributed by atoms with Crippen LogP contribution in [0, 0.1) is 0 Å². The summed E-state index contributed by atoms with van der Waals surface area (Å²) in [6.07, 6.45) is 0.812. The van der Waals surface area contributed by atoms with Gasteiger partial charge in [0.05, 0.1) is 5.41 Å². The average molecular weight is 712 g/mol. The lowest BCUT2D eigenvalue weighted by molar-refractivity contribution is 0.794. The molecule has 1 spiro atoms. The minimum atomic E-state index is -0.449. The molecule has 0 N–H and O–H groups in total. The predicted octanol–water partition coefficient (Wildman–Crippen LogP) is 12.5. The van der Waals surface area contributed by atoms with Crippen molar-refractivity contribution in [2.45, 2.75) is 11.8 Å². The Labute approximate surface area is 325 Å². The fourth-order valence-corrected chi connectivity index (χ4v) is 9.91. The quantitative estimate of drug-likeness (QED) is 0.182. The third-order valence-electron chi connectivity index (χ3n) is 12.2. The van der Waals surface area contributed by atoms with Crippen LogP contribution < -0.4 is 0 Å². The van der Waals surface area contributed by atoms with E-state index in [0.717, 1.165) is 23.1 Å². The normalized spacial score (nSPS) is 13.4. The van der Waals surface area contributed by atoms with Crippen molar-refractivity contribution in [2.75, 3.05) is 0 Å². The van der Waals surface area contributed by atoms with E-state index < -0.39 is 5.41 Å². The van der Waals surface area contributed by atoms with Crippen LogP contribution in [0.5, 0.6) is 0 Å². The first-order valence-electron chi connectivity index (χ1n) is 19.3. The molecule has 0 saturated heterocycles. The third kappa shape index (κ3) is 4.31. The molecule has 9 aromatic rings. The summed E-state index contributed by atoms with van der Waals surface area (Å²) in [5.74, 6) is 2.02. The molecule has 0 aliphatic heterocycles. The maximum absolute atomic E-state index is 5.38. The SMILES string of the molecule is c1ccc(-c2nc(-c3ccc4c(c3)C3(c5ccccc5-c5ccccc53)c3ccccc3-4)nc(-c3cccc4c3Cc3c(-c5ccccc5)cccc3-4)n2)cc1. The van der Waals surface area contributed by atoms with Crippen LogP contribution in [0.15, 0.2) is 188 Å². The summed E-state index contributed by atoms with van der Waals surface area (Å²) in [7, 11) is 0. The van der Waals surface area contributed by atoms with E-state index in [1.165, 1.54) is 77.9 Å². The van der Waals surface area contributed by atoms with Crippen molar-refractivity contribution >= 4 is 0 Å². The van der Waals surface area contributed by atoms with Gasteiger partial charge in [0.2, 0.25) is 0 Å². The minimum Gasteiger partial charge on any atom is -0.208 e. The highest BCUT2D eigenvalue weighted by atomic mass is 15.0. The number of fused-ring (bicyclic) bond motifs is 13. The van der Waals surface area contributed by atoms with Gasteiger partial charge in [-0.3, -0.25) is 0 Å². The Hall–Kier alpha value is -7.23. The smallest absolute Gasteiger partial charge is 0.164 e. The number of aromatic nitrogens is 3. The molecule has 0 fully saturated rings. The molecule has 0 atom stereocenters. The summed E-state index contributed by atoms with van der Waals surface area (Å²) in [6.45, 7) is 0. The molecule has 3 nitrogen and oxygen atoms in total. The van der Waals surface area contributed by atoms with Gasteiger partial charge in [-0.05, 0) is 84.0 Å². The first kappa shape index (κ1) is 31.2. The standard InChI is InChI=1S/C53H33N3/c1-3-15-33(16-4-1)36-22-13-23-37-38-24-14-25-43(45(38)32-44(36)37)52-55-50(34-17-5-2-6-18-34)54-51(56-52)35-29-30-42-41-21-9-12-28-48(41)53(49(42)31-35)46-26-10-7-19-39(46)40-20-8-11-27-47(40)53/h1-31H,32H2. The van der Waals surface area contributed by atoms with Crippen molar-refractivity contribution in [3.8, 4) is 78.7 Å². The molecule has 0 radical (unpaired) electrons. The van der Waals surface area contributed by atoms with Crippen LogP contribution in [0.25, 0.3) is 78.7 Å². The largest absolute Gasteiger partial charge is 0.208 e. The maximum atomic E-state index is 5.38. The van der Waals surface area contributed by atoms with Crippen LogP contribution in [0.3, 0.4) is 0 Å². The van der Waals surface area contributed by atoms with Gasteiger partial charge in [-0.15, -0.1) is 0 Å². The Balaban J connectivity index is 1.07. The van der Waals surface area contributed by atoms with E-state index in [9.17, 15) is 0 Å². The Morgan fingerprint density at radius 3 is 1.32 bits per heavy atom. The highest BCUT2D eigenvalue weighted by molar-refractivity contribution is 5.96. The van der Waals surface area contributed by atoms with Gasteiger partial charge < -0.3 is 0 Å². The number of benzene rings is 8. The Morgan fingerprint density at radius 2 is 0.714 bits per heavy atom. The van der Waals surface area contributed by atoms with Gasteiger partial charge in [-0.2, -0.15) is 0 Å². The summed E-state index contributed by atoms with van der Waals surface area (Å²) in [5.41, 5.74) is 20.5. The zero-order chi connectivity index (χ0) is 36.8. The first-order valence-corrected chi connectivity index (χ1v) is 19.3. The second-order valence-electron chi connectivity index (χ2n) is 15.0. The molecule has 3 aliphatic carbocycles. The summed E-state index contributed by atoms with van der Waals surface area (Å²) in [5, 5.41) is 0. The molecule has 3 heteroatoms. The molecule has 12 rings (SSSR count). The van der Waals surface area contributed by atoms with Gasteiger partial charge in [-0.1, -0.05) is 182 Å². The van der Waals surface area contributed by atoms with Crippen molar-refractivity contribution < 1.29 is 0 Å². The Bertz CT molecular complexity index is 2990.